The standard InChI is InChI=1S/C5H3ClF2N2OS/c6-5(7,8)2-1-9-4(12)10-3(2)11/h1H,(H2,9,10,11,12). The topological polar surface area (TPSA) is 48.6 Å². The van der Waals surface area contributed by atoms with E-state index in [0.717, 1.165) is 6.20 Å². The molecule has 0 radical (unpaired) electrons. The van der Waals surface area contributed by atoms with Crippen molar-refractivity contribution in [3.63, 3.8) is 0 Å². The molecule has 66 valence electrons. The van der Waals surface area contributed by atoms with Gasteiger partial charge in [-0.2, -0.15) is 8.78 Å². The Labute approximate surface area is 75.4 Å². The number of halogens is 3. The maximum Gasteiger partial charge on any atom is 0.354 e. The van der Waals surface area contributed by atoms with Crippen LogP contribution >= 0.6 is 23.8 Å². The molecule has 0 bridgehead atoms. The van der Waals surface area contributed by atoms with Crippen LogP contribution in [0, 0.1) is 4.77 Å². The first kappa shape index (κ1) is 9.34. The Morgan fingerprint density at radius 2 is 2.17 bits per heavy atom. The zero-order chi connectivity index (χ0) is 9.35. The fourth-order valence-electron chi connectivity index (χ4n) is 0.620. The number of aromatic amines is 2. The highest BCUT2D eigenvalue weighted by atomic mass is 35.5. The summed E-state index contributed by atoms with van der Waals surface area (Å²) in [5.74, 6) is 0. The lowest BCUT2D eigenvalue weighted by atomic mass is 10.3. The minimum Gasteiger partial charge on any atom is -0.338 e. The highest BCUT2D eigenvalue weighted by Crippen LogP contribution is 2.28. The second-order valence-corrected chi connectivity index (χ2v) is 2.87. The van der Waals surface area contributed by atoms with Crippen molar-refractivity contribution in [1.29, 1.82) is 0 Å². The number of rotatable bonds is 1. The summed E-state index contributed by atoms with van der Waals surface area (Å²) >= 11 is 9.09. The predicted octanol–water partition coefficient (Wildman–Crippen LogP) is 1.72. The van der Waals surface area contributed by atoms with Crippen LogP contribution in [-0.2, 0) is 5.38 Å². The zero-order valence-electron chi connectivity index (χ0n) is 5.53. The van der Waals surface area contributed by atoms with Crippen molar-refractivity contribution in [1.82, 2.24) is 9.97 Å². The van der Waals surface area contributed by atoms with Gasteiger partial charge in [-0.05, 0) is 23.8 Å². The predicted molar refractivity (Wildman–Crippen MR) is 42.0 cm³/mol. The van der Waals surface area contributed by atoms with Gasteiger partial charge in [-0.3, -0.25) is 9.78 Å². The van der Waals surface area contributed by atoms with Crippen LogP contribution < -0.4 is 5.56 Å². The molecule has 3 nitrogen and oxygen atoms in total. The summed E-state index contributed by atoms with van der Waals surface area (Å²) in [5, 5.41) is -3.67. The molecule has 0 spiro atoms. The van der Waals surface area contributed by atoms with E-state index in [1.165, 1.54) is 0 Å². The smallest absolute Gasteiger partial charge is 0.338 e. The molecule has 0 saturated carbocycles. The second-order valence-electron chi connectivity index (χ2n) is 1.98. The monoisotopic (exact) mass is 212 g/mol. The molecule has 1 heterocycles. The summed E-state index contributed by atoms with van der Waals surface area (Å²) in [6.45, 7) is 0. The van der Waals surface area contributed by atoms with E-state index in [2.05, 4.69) is 28.8 Å². The average molecular weight is 213 g/mol. The van der Waals surface area contributed by atoms with Gasteiger partial charge < -0.3 is 4.98 Å². The molecule has 7 heteroatoms. The SMILES string of the molecule is O=c1[nH]c(=S)[nH]cc1C(F)(F)Cl. The van der Waals surface area contributed by atoms with E-state index in [4.69, 9.17) is 0 Å². The number of hydrogen-bond acceptors (Lipinski definition) is 2. The molecule has 1 aromatic rings. The number of nitrogens with one attached hydrogen (secondary N) is 2. The van der Waals surface area contributed by atoms with Crippen molar-refractivity contribution in [2.45, 2.75) is 5.38 Å². The second kappa shape index (κ2) is 2.95. The van der Waals surface area contributed by atoms with Crippen molar-refractivity contribution in [3.05, 3.63) is 26.9 Å². The zero-order valence-corrected chi connectivity index (χ0v) is 7.10. The maximum absolute atomic E-state index is 12.3. The molecule has 1 rings (SSSR count). The summed E-state index contributed by atoms with van der Waals surface area (Å²) in [6, 6.07) is 0. The van der Waals surface area contributed by atoms with Gasteiger partial charge in [0, 0.05) is 6.20 Å². The Morgan fingerprint density at radius 1 is 1.58 bits per heavy atom. The quantitative estimate of drug-likeness (QED) is 0.550. The van der Waals surface area contributed by atoms with Gasteiger partial charge >= 0.3 is 5.38 Å². The van der Waals surface area contributed by atoms with E-state index < -0.39 is 16.5 Å². The lowest BCUT2D eigenvalue weighted by molar-refractivity contribution is 0.0929. The Morgan fingerprint density at radius 3 is 2.58 bits per heavy atom. The van der Waals surface area contributed by atoms with Gasteiger partial charge in [-0.25, -0.2) is 0 Å². The first-order valence-corrected chi connectivity index (χ1v) is 3.59. The minimum absolute atomic E-state index is 0.0235. The summed E-state index contributed by atoms with van der Waals surface area (Å²) in [6.07, 6.45) is 0.786. The molecule has 0 atom stereocenters. The van der Waals surface area contributed by atoms with Crippen molar-refractivity contribution in [3.8, 4) is 0 Å². The first-order chi connectivity index (χ1) is 5.41. The van der Waals surface area contributed by atoms with Crippen LogP contribution in [-0.4, -0.2) is 9.97 Å². The van der Waals surface area contributed by atoms with Crippen LogP contribution in [0.3, 0.4) is 0 Å². The van der Waals surface area contributed by atoms with Crippen LogP contribution in [0.25, 0.3) is 0 Å². The maximum atomic E-state index is 12.3. The highest BCUT2D eigenvalue weighted by Gasteiger charge is 2.31. The number of aromatic nitrogens is 2. The lowest BCUT2D eigenvalue weighted by Crippen LogP contribution is -2.21. The molecule has 0 amide bonds. The van der Waals surface area contributed by atoms with E-state index in [0.29, 0.717) is 0 Å². The molecular formula is C5H3ClF2N2OS. The van der Waals surface area contributed by atoms with Gasteiger partial charge in [0.05, 0.1) is 0 Å². The van der Waals surface area contributed by atoms with E-state index >= 15 is 0 Å². The molecule has 1 aromatic heterocycles. The third-order valence-corrected chi connectivity index (χ3v) is 1.55. The molecule has 2 N–H and O–H groups in total. The summed E-state index contributed by atoms with van der Waals surface area (Å²) < 4.78 is 24.7. The third-order valence-electron chi connectivity index (χ3n) is 1.12. The van der Waals surface area contributed by atoms with E-state index in [-0.39, 0.29) is 4.77 Å². The Bertz CT molecular complexity index is 393. The van der Waals surface area contributed by atoms with E-state index in [9.17, 15) is 13.6 Å². The van der Waals surface area contributed by atoms with Crippen LogP contribution in [0.2, 0.25) is 0 Å². The van der Waals surface area contributed by atoms with Gasteiger partial charge in [-0.15, -0.1) is 0 Å². The van der Waals surface area contributed by atoms with Crippen molar-refractivity contribution in [2.24, 2.45) is 0 Å². The average Bonchev–Trinajstić information content (AvgIpc) is 1.83. The third kappa shape index (κ3) is 1.89. The van der Waals surface area contributed by atoms with Crippen LogP contribution in [0.1, 0.15) is 5.56 Å². The van der Waals surface area contributed by atoms with Gasteiger partial charge in [0.15, 0.2) is 4.77 Å². The van der Waals surface area contributed by atoms with Crippen molar-refractivity contribution in [2.75, 3.05) is 0 Å². The molecule has 0 aliphatic rings. The Hall–Kier alpha value is -0.750. The largest absolute Gasteiger partial charge is 0.354 e. The molecule has 0 aromatic carbocycles. The summed E-state index contributed by atoms with van der Waals surface area (Å²) in [4.78, 5) is 15.0. The van der Waals surface area contributed by atoms with Crippen molar-refractivity contribution >= 4 is 23.8 Å². The lowest BCUT2D eigenvalue weighted by Gasteiger charge is -2.04. The molecule has 0 aliphatic heterocycles. The van der Waals surface area contributed by atoms with Gasteiger partial charge in [-0.1, -0.05) is 0 Å². The molecular weight excluding hydrogens is 210 g/mol. The van der Waals surface area contributed by atoms with Crippen LogP contribution in [0.4, 0.5) is 8.78 Å². The molecule has 12 heavy (non-hydrogen) atoms. The fourth-order valence-corrected chi connectivity index (χ4v) is 0.912. The van der Waals surface area contributed by atoms with E-state index in [1.54, 1.807) is 0 Å². The van der Waals surface area contributed by atoms with Crippen LogP contribution in [0.5, 0.6) is 0 Å². The number of H-pyrrole nitrogens is 2. The molecule has 0 aliphatic carbocycles. The number of alkyl halides is 3. The Balaban J connectivity index is 3.39. The fraction of sp³-hybridized carbons (Fsp3) is 0.200. The first-order valence-electron chi connectivity index (χ1n) is 2.80. The molecule has 0 unspecified atom stereocenters. The Kier molecular flexibility index (Phi) is 2.29. The number of hydrogen-bond donors (Lipinski definition) is 2. The molecule has 0 fully saturated rings. The summed E-state index contributed by atoms with van der Waals surface area (Å²) in [7, 11) is 0. The molecule has 0 saturated heterocycles. The van der Waals surface area contributed by atoms with E-state index in [1.807, 2.05) is 4.98 Å². The van der Waals surface area contributed by atoms with Gasteiger partial charge in [0.2, 0.25) is 0 Å². The van der Waals surface area contributed by atoms with Gasteiger partial charge in [0.25, 0.3) is 5.56 Å². The van der Waals surface area contributed by atoms with Gasteiger partial charge in [0.1, 0.15) is 5.56 Å². The van der Waals surface area contributed by atoms with Crippen molar-refractivity contribution < 1.29 is 8.78 Å². The van der Waals surface area contributed by atoms with Crippen LogP contribution in [0.15, 0.2) is 11.0 Å². The normalized spacial score (nSPS) is 11.6. The highest BCUT2D eigenvalue weighted by molar-refractivity contribution is 7.71. The summed E-state index contributed by atoms with van der Waals surface area (Å²) in [5.41, 5.74) is -1.84. The minimum atomic E-state index is -3.67.